The molecule has 3 aromatic heterocycles. The summed E-state index contributed by atoms with van der Waals surface area (Å²) in [5.41, 5.74) is 2.12. The van der Waals surface area contributed by atoms with Crippen molar-refractivity contribution in [3.8, 4) is 10.6 Å². The number of carbonyl (C=O) groups is 2. The average molecular weight is 442 g/mol. The monoisotopic (exact) mass is 441 g/mol. The van der Waals surface area contributed by atoms with Crippen molar-refractivity contribution in [2.75, 3.05) is 6.54 Å². The second kappa shape index (κ2) is 8.42. The first-order valence-corrected chi connectivity index (χ1v) is 11.2. The summed E-state index contributed by atoms with van der Waals surface area (Å²) in [4.78, 5) is 38.8. The van der Waals surface area contributed by atoms with Crippen LogP contribution in [0.15, 0.2) is 24.5 Å². The SMILES string of the molecule is CC(NC(=O)c1c[nH]c2ncc(-c3ccc(C(=O)NCC(C)(C)C)s3)nc12)C(C)(C)C. The predicted molar refractivity (Wildman–Crippen MR) is 125 cm³/mol. The Bertz CT molecular complexity index is 1100. The minimum Gasteiger partial charge on any atom is -0.351 e. The Morgan fingerprint density at radius 2 is 1.84 bits per heavy atom. The third kappa shape index (κ3) is 5.50. The topological polar surface area (TPSA) is 99.8 Å². The van der Waals surface area contributed by atoms with E-state index in [4.69, 9.17) is 0 Å². The van der Waals surface area contributed by atoms with Crippen LogP contribution in [0.4, 0.5) is 0 Å². The molecule has 0 aliphatic rings. The normalized spacial score (nSPS) is 13.3. The fourth-order valence-electron chi connectivity index (χ4n) is 2.70. The maximum Gasteiger partial charge on any atom is 0.261 e. The molecule has 166 valence electrons. The fraction of sp³-hybridized carbons (Fsp3) is 0.478. The van der Waals surface area contributed by atoms with Crippen LogP contribution in [0, 0.1) is 10.8 Å². The number of amides is 2. The molecule has 3 heterocycles. The van der Waals surface area contributed by atoms with Gasteiger partial charge in [0.25, 0.3) is 11.8 Å². The molecular weight excluding hydrogens is 410 g/mol. The van der Waals surface area contributed by atoms with Crippen molar-refractivity contribution in [2.45, 2.75) is 54.5 Å². The summed E-state index contributed by atoms with van der Waals surface area (Å²) in [7, 11) is 0. The first-order valence-electron chi connectivity index (χ1n) is 10.4. The number of nitrogens with one attached hydrogen (secondary N) is 3. The number of hydrogen-bond acceptors (Lipinski definition) is 5. The largest absolute Gasteiger partial charge is 0.351 e. The van der Waals surface area contributed by atoms with Gasteiger partial charge in [0.2, 0.25) is 0 Å². The van der Waals surface area contributed by atoms with Gasteiger partial charge in [-0.2, -0.15) is 0 Å². The Kier molecular flexibility index (Phi) is 6.23. The van der Waals surface area contributed by atoms with Crippen LogP contribution in [0.25, 0.3) is 21.7 Å². The van der Waals surface area contributed by atoms with E-state index in [1.54, 1.807) is 18.5 Å². The number of aromatic nitrogens is 3. The van der Waals surface area contributed by atoms with Gasteiger partial charge in [0.05, 0.1) is 27.2 Å². The summed E-state index contributed by atoms with van der Waals surface area (Å²) < 4.78 is 0. The lowest BCUT2D eigenvalue weighted by molar-refractivity contribution is 0.0910. The van der Waals surface area contributed by atoms with E-state index in [2.05, 4.69) is 67.1 Å². The van der Waals surface area contributed by atoms with Crippen molar-refractivity contribution in [3.05, 3.63) is 35.0 Å². The van der Waals surface area contributed by atoms with Crippen molar-refractivity contribution < 1.29 is 9.59 Å². The van der Waals surface area contributed by atoms with Gasteiger partial charge in [0, 0.05) is 18.8 Å². The first kappa shape index (κ1) is 22.9. The highest BCUT2D eigenvalue weighted by Gasteiger charge is 2.24. The number of thiophene rings is 1. The molecule has 0 fully saturated rings. The van der Waals surface area contributed by atoms with Gasteiger partial charge in [-0.1, -0.05) is 41.5 Å². The van der Waals surface area contributed by atoms with Crippen LogP contribution in [0.1, 0.15) is 68.5 Å². The number of carbonyl (C=O) groups excluding carboxylic acids is 2. The van der Waals surface area contributed by atoms with Crippen molar-refractivity contribution in [1.82, 2.24) is 25.6 Å². The van der Waals surface area contributed by atoms with E-state index in [0.29, 0.717) is 33.8 Å². The Morgan fingerprint density at radius 1 is 1.13 bits per heavy atom. The average Bonchev–Trinajstić information content (AvgIpc) is 3.31. The van der Waals surface area contributed by atoms with Crippen LogP contribution in [0.3, 0.4) is 0 Å². The van der Waals surface area contributed by atoms with Crippen LogP contribution >= 0.6 is 11.3 Å². The molecule has 0 bridgehead atoms. The number of hydrogen-bond donors (Lipinski definition) is 3. The quantitative estimate of drug-likeness (QED) is 0.537. The van der Waals surface area contributed by atoms with Crippen molar-refractivity contribution >= 4 is 34.3 Å². The van der Waals surface area contributed by atoms with Crippen LogP contribution < -0.4 is 10.6 Å². The minimum atomic E-state index is -0.187. The molecule has 31 heavy (non-hydrogen) atoms. The third-order valence-corrected chi connectivity index (χ3v) is 6.24. The van der Waals surface area contributed by atoms with Gasteiger partial charge in [-0.25, -0.2) is 9.97 Å². The number of fused-ring (bicyclic) bond motifs is 1. The van der Waals surface area contributed by atoms with E-state index in [1.807, 2.05) is 13.0 Å². The third-order valence-electron chi connectivity index (χ3n) is 5.13. The maximum absolute atomic E-state index is 12.8. The molecule has 3 rings (SSSR count). The van der Waals surface area contributed by atoms with Crippen LogP contribution in [0.2, 0.25) is 0 Å². The summed E-state index contributed by atoms with van der Waals surface area (Å²) in [6, 6.07) is 3.65. The van der Waals surface area contributed by atoms with Gasteiger partial charge in [-0.05, 0) is 29.9 Å². The lowest BCUT2D eigenvalue weighted by atomic mass is 9.88. The van der Waals surface area contributed by atoms with E-state index < -0.39 is 0 Å². The molecule has 1 unspecified atom stereocenters. The molecule has 3 aromatic rings. The maximum atomic E-state index is 12.8. The van der Waals surface area contributed by atoms with Crippen LogP contribution in [-0.4, -0.2) is 39.4 Å². The highest BCUT2D eigenvalue weighted by molar-refractivity contribution is 7.17. The lowest BCUT2D eigenvalue weighted by Crippen LogP contribution is -2.41. The van der Waals surface area contributed by atoms with E-state index in [0.717, 1.165) is 4.88 Å². The summed E-state index contributed by atoms with van der Waals surface area (Å²) in [5.74, 6) is -0.286. The number of H-pyrrole nitrogens is 1. The number of rotatable bonds is 5. The minimum absolute atomic E-state index is 0.00689. The van der Waals surface area contributed by atoms with E-state index in [9.17, 15) is 9.59 Å². The van der Waals surface area contributed by atoms with E-state index in [1.165, 1.54) is 11.3 Å². The van der Waals surface area contributed by atoms with Crippen molar-refractivity contribution in [3.63, 3.8) is 0 Å². The Morgan fingerprint density at radius 3 is 2.48 bits per heavy atom. The molecule has 0 aliphatic heterocycles. The lowest BCUT2D eigenvalue weighted by Gasteiger charge is -2.27. The summed E-state index contributed by atoms with van der Waals surface area (Å²) in [6.07, 6.45) is 3.29. The van der Waals surface area contributed by atoms with Gasteiger partial charge in [0.1, 0.15) is 5.52 Å². The number of aromatic amines is 1. The van der Waals surface area contributed by atoms with Gasteiger partial charge < -0.3 is 15.6 Å². The van der Waals surface area contributed by atoms with Gasteiger partial charge in [0.15, 0.2) is 5.65 Å². The molecule has 0 spiro atoms. The summed E-state index contributed by atoms with van der Waals surface area (Å²) in [6.45, 7) is 15.0. The zero-order chi connectivity index (χ0) is 23.0. The van der Waals surface area contributed by atoms with E-state index in [-0.39, 0.29) is 28.7 Å². The Hall–Kier alpha value is -2.74. The van der Waals surface area contributed by atoms with Crippen LogP contribution in [0.5, 0.6) is 0 Å². The summed E-state index contributed by atoms with van der Waals surface area (Å²) >= 11 is 1.36. The zero-order valence-corrected chi connectivity index (χ0v) is 20.0. The van der Waals surface area contributed by atoms with Gasteiger partial charge in [-0.15, -0.1) is 11.3 Å². The summed E-state index contributed by atoms with van der Waals surface area (Å²) in [5, 5.41) is 6.00. The molecule has 0 aliphatic carbocycles. The Balaban J connectivity index is 1.83. The smallest absolute Gasteiger partial charge is 0.261 e. The molecule has 0 aromatic carbocycles. The molecule has 2 amide bonds. The molecular formula is C23H31N5O2S. The fourth-order valence-corrected chi connectivity index (χ4v) is 3.58. The second-order valence-electron chi connectivity index (χ2n) is 10.1. The molecule has 1 atom stereocenters. The second-order valence-corrected chi connectivity index (χ2v) is 11.2. The zero-order valence-electron chi connectivity index (χ0n) is 19.2. The van der Waals surface area contributed by atoms with E-state index >= 15 is 0 Å². The highest BCUT2D eigenvalue weighted by atomic mass is 32.1. The van der Waals surface area contributed by atoms with Crippen LogP contribution in [-0.2, 0) is 0 Å². The molecule has 0 radical (unpaired) electrons. The van der Waals surface area contributed by atoms with Gasteiger partial charge >= 0.3 is 0 Å². The van der Waals surface area contributed by atoms with Crippen molar-refractivity contribution in [2.24, 2.45) is 10.8 Å². The van der Waals surface area contributed by atoms with Crippen molar-refractivity contribution in [1.29, 1.82) is 0 Å². The predicted octanol–water partition coefficient (Wildman–Crippen LogP) is 4.63. The Labute approximate surface area is 187 Å². The standard InChI is InChI=1S/C23H31N5O2S/c1-13(23(5,6)7)27-20(29)14-10-24-19-18(14)28-15(11-25-19)16-8-9-17(31-16)21(30)26-12-22(2,3)4/h8-11,13H,12H2,1-7H3,(H,24,25)(H,26,30)(H,27,29). The number of nitrogens with zero attached hydrogens (tertiary/aromatic N) is 2. The molecule has 7 nitrogen and oxygen atoms in total. The molecule has 0 saturated heterocycles. The van der Waals surface area contributed by atoms with Gasteiger partial charge in [-0.3, -0.25) is 9.59 Å². The first-order chi connectivity index (χ1) is 14.3. The molecule has 8 heteroatoms. The molecule has 0 saturated carbocycles. The highest BCUT2D eigenvalue weighted by Crippen LogP contribution is 2.28. The molecule has 3 N–H and O–H groups in total.